The van der Waals surface area contributed by atoms with Gasteiger partial charge in [-0.25, -0.2) is 4.98 Å². The lowest BCUT2D eigenvalue weighted by atomic mass is 10.0. The van der Waals surface area contributed by atoms with E-state index in [1.54, 1.807) is 0 Å². The minimum absolute atomic E-state index is 0.540. The van der Waals surface area contributed by atoms with Crippen LogP contribution in [0.3, 0.4) is 0 Å². The standard InChI is InChI=1S/C16H22N4/c1-12-7-9-19-16(15(12)10-17)20(14-5-6-14)11-13-4-2-3-8-18-13/h7,9,13-14,18H,2-6,8,11H2,1H3. The van der Waals surface area contributed by atoms with Crippen LogP contribution in [0.4, 0.5) is 5.82 Å². The van der Waals surface area contributed by atoms with E-state index in [0.29, 0.717) is 12.1 Å². The molecule has 0 spiro atoms. The molecular formula is C16H22N4. The molecule has 1 aliphatic heterocycles. The molecule has 0 amide bonds. The van der Waals surface area contributed by atoms with E-state index in [2.05, 4.69) is 21.3 Å². The Morgan fingerprint density at radius 1 is 1.40 bits per heavy atom. The van der Waals surface area contributed by atoms with Gasteiger partial charge in [0.25, 0.3) is 0 Å². The van der Waals surface area contributed by atoms with Crippen LogP contribution in [-0.2, 0) is 0 Å². The van der Waals surface area contributed by atoms with E-state index >= 15 is 0 Å². The van der Waals surface area contributed by atoms with Gasteiger partial charge in [0.1, 0.15) is 11.9 Å². The van der Waals surface area contributed by atoms with Crippen molar-refractivity contribution in [2.45, 2.75) is 51.1 Å². The van der Waals surface area contributed by atoms with Crippen molar-refractivity contribution in [3.63, 3.8) is 0 Å². The smallest absolute Gasteiger partial charge is 0.147 e. The van der Waals surface area contributed by atoms with Crippen molar-refractivity contribution in [2.75, 3.05) is 18.0 Å². The molecule has 0 bridgehead atoms. The fourth-order valence-corrected chi connectivity index (χ4v) is 3.01. The topological polar surface area (TPSA) is 52.0 Å². The molecule has 1 N–H and O–H groups in total. The van der Waals surface area contributed by atoms with Gasteiger partial charge in [-0.2, -0.15) is 5.26 Å². The number of nitrogens with one attached hydrogen (secondary N) is 1. The SMILES string of the molecule is Cc1ccnc(N(CC2CCCCN2)C2CC2)c1C#N. The Kier molecular flexibility index (Phi) is 3.88. The first-order valence-corrected chi connectivity index (χ1v) is 7.65. The highest BCUT2D eigenvalue weighted by Gasteiger charge is 2.33. The number of aromatic nitrogens is 1. The van der Waals surface area contributed by atoms with Crippen LogP contribution in [0, 0.1) is 18.3 Å². The summed E-state index contributed by atoms with van der Waals surface area (Å²) in [7, 11) is 0. The van der Waals surface area contributed by atoms with Crippen molar-refractivity contribution in [2.24, 2.45) is 0 Å². The van der Waals surface area contributed by atoms with Crippen LogP contribution < -0.4 is 10.2 Å². The van der Waals surface area contributed by atoms with E-state index < -0.39 is 0 Å². The summed E-state index contributed by atoms with van der Waals surface area (Å²) in [6, 6.07) is 5.39. The maximum Gasteiger partial charge on any atom is 0.147 e. The van der Waals surface area contributed by atoms with Crippen LogP contribution in [-0.4, -0.2) is 30.2 Å². The Bertz CT molecular complexity index is 510. The lowest BCUT2D eigenvalue weighted by molar-refractivity contribution is 0.397. The van der Waals surface area contributed by atoms with Crippen molar-refractivity contribution in [3.05, 3.63) is 23.4 Å². The molecule has 2 heterocycles. The van der Waals surface area contributed by atoms with Gasteiger partial charge in [-0.3, -0.25) is 0 Å². The normalized spacial score (nSPS) is 22.3. The number of anilines is 1. The van der Waals surface area contributed by atoms with Crippen LogP contribution in [0.5, 0.6) is 0 Å². The molecule has 1 atom stereocenters. The van der Waals surface area contributed by atoms with Gasteiger partial charge < -0.3 is 10.2 Å². The van der Waals surface area contributed by atoms with E-state index in [0.717, 1.165) is 30.0 Å². The second kappa shape index (κ2) is 5.80. The number of piperidine rings is 1. The molecule has 4 nitrogen and oxygen atoms in total. The van der Waals surface area contributed by atoms with Crippen molar-refractivity contribution in [3.8, 4) is 6.07 Å². The van der Waals surface area contributed by atoms with E-state index in [1.807, 2.05) is 19.2 Å². The summed E-state index contributed by atoms with van der Waals surface area (Å²) in [6.45, 7) is 4.10. The Balaban J connectivity index is 1.83. The van der Waals surface area contributed by atoms with E-state index in [9.17, 15) is 5.26 Å². The van der Waals surface area contributed by atoms with Gasteiger partial charge in [-0.05, 0) is 50.8 Å². The average molecular weight is 270 g/mol. The summed E-state index contributed by atoms with van der Waals surface area (Å²) in [5.74, 6) is 0.891. The molecule has 1 unspecified atom stereocenters. The Morgan fingerprint density at radius 2 is 2.25 bits per heavy atom. The van der Waals surface area contributed by atoms with Crippen LogP contribution in [0.15, 0.2) is 12.3 Å². The summed E-state index contributed by atoms with van der Waals surface area (Å²) < 4.78 is 0. The van der Waals surface area contributed by atoms with Gasteiger partial charge in [0.15, 0.2) is 0 Å². The summed E-state index contributed by atoms with van der Waals surface area (Å²) in [6.07, 6.45) is 8.11. The Labute approximate surface area is 120 Å². The molecule has 0 aromatic carbocycles. The predicted octanol–water partition coefficient (Wildman–Crippen LogP) is 2.37. The zero-order valence-electron chi connectivity index (χ0n) is 12.1. The molecule has 106 valence electrons. The van der Waals surface area contributed by atoms with Gasteiger partial charge in [-0.15, -0.1) is 0 Å². The molecule has 20 heavy (non-hydrogen) atoms. The lowest BCUT2D eigenvalue weighted by Gasteiger charge is -2.32. The van der Waals surface area contributed by atoms with Crippen LogP contribution in [0.1, 0.15) is 43.2 Å². The van der Waals surface area contributed by atoms with E-state index in [4.69, 9.17) is 0 Å². The number of hydrogen-bond acceptors (Lipinski definition) is 4. The number of rotatable bonds is 4. The molecule has 1 saturated carbocycles. The summed E-state index contributed by atoms with van der Waals surface area (Å²) in [5.41, 5.74) is 1.77. The van der Waals surface area contributed by atoms with Crippen LogP contribution in [0.2, 0.25) is 0 Å². The number of hydrogen-bond donors (Lipinski definition) is 1. The maximum atomic E-state index is 9.42. The third kappa shape index (κ3) is 2.78. The fraction of sp³-hybridized carbons (Fsp3) is 0.625. The zero-order chi connectivity index (χ0) is 13.9. The average Bonchev–Trinajstić information content (AvgIpc) is 3.30. The van der Waals surface area contributed by atoms with Crippen molar-refractivity contribution >= 4 is 5.82 Å². The first-order valence-electron chi connectivity index (χ1n) is 7.65. The molecule has 3 rings (SSSR count). The minimum Gasteiger partial charge on any atom is -0.351 e. The van der Waals surface area contributed by atoms with Crippen molar-refractivity contribution in [1.29, 1.82) is 5.26 Å². The first-order chi connectivity index (χ1) is 9.79. The number of nitriles is 1. The summed E-state index contributed by atoms with van der Waals surface area (Å²) >= 11 is 0. The first kappa shape index (κ1) is 13.4. The third-order valence-electron chi connectivity index (χ3n) is 4.34. The molecule has 2 aliphatic rings. The highest BCUT2D eigenvalue weighted by atomic mass is 15.2. The third-order valence-corrected chi connectivity index (χ3v) is 4.34. The quantitative estimate of drug-likeness (QED) is 0.912. The summed E-state index contributed by atoms with van der Waals surface area (Å²) in [4.78, 5) is 6.88. The lowest BCUT2D eigenvalue weighted by Crippen LogP contribution is -2.45. The zero-order valence-corrected chi connectivity index (χ0v) is 12.1. The highest BCUT2D eigenvalue weighted by molar-refractivity contribution is 5.58. The minimum atomic E-state index is 0.540. The largest absolute Gasteiger partial charge is 0.351 e. The van der Waals surface area contributed by atoms with Crippen molar-refractivity contribution in [1.82, 2.24) is 10.3 Å². The number of nitrogens with zero attached hydrogens (tertiary/aromatic N) is 3. The molecule has 1 saturated heterocycles. The highest BCUT2D eigenvalue weighted by Crippen LogP contribution is 2.33. The number of aryl methyl sites for hydroxylation is 1. The molecule has 1 aromatic heterocycles. The second-order valence-electron chi connectivity index (χ2n) is 5.97. The second-order valence-corrected chi connectivity index (χ2v) is 5.97. The fourth-order valence-electron chi connectivity index (χ4n) is 3.01. The molecule has 1 aromatic rings. The van der Waals surface area contributed by atoms with E-state index in [1.165, 1.54) is 32.1 Å². The van der Waals surface area contributed by atoms with Crippen LogP contribution >= 0.6 is 0 Å². The van der Waals surface area contributed by atoms with Crippen molar-refractivity contribution < 1.29 is 0 Å². The van der Waals surface area contributed by atoms with Crippen LogP contribution in [0.25, 0.3) is 0 Å². The van der Waals surface area contributed by atoms with Gasteiger partial charge in [0, 0.05) is 24.8 Å². The van der Waals surface area contributed by atoms with E-state index in [-0.39, 0.29) is 0 Å². The Hall–Kier alpha value is -1.60. The monoisotopic (exact) mass is 270 g/mol. The van der Waals surface area contributed by atoms with Gasteiger partial charge >= 0.3 is 0 Å². The van der Waals surface area contributed by atoms with Gasteiger partial charge in [0.05, 0.1) is 5.56 Å². The summed E-state index contributed by atoms with van der Waals surface area (Å²) in [5, 5.41) is 13.0. The predicted molar refractivity (Wildman–Crippen MR) is 79.7 cm³/mol. The maximum absolute atomic E-state index is 9.42. The number of pyridine rings is 1. The molecule has 4 heteroatoms. The molecule has 1 aliphatic carbocycles. The molecular weight excluding hydrogens is 248 g/mol. The molecule has 2 fully saturated rings. The Morgan fingerprint density at radius 3 is 2.90 bits per heavy atom. The molecule has 0 radical (unpaired) electrons. The van der Waals surface area contributed by atoms with Gasteiger partial charge in [-0.1, -0.05) is 6.42 Å². The van der Waals surface area contributed by atoms with Gasteiger partial charge in [0.2, 0.25) is 0 Å².